The van der Waals surface area contributed by atoms with Crippen molar-refractivity contribution in [1.29, 1.82) is 0 Å². The molecular formula is C10H18O2. The first-order chi connectivity index (χ1) is 5.21. The molecule has 0 bridgehead atoms. The lowest BCUT2D eigenvalue weighted by atomic mass is 10.0. The maximum atomic E-state index is 9.32. The summed E-state index contributed by atoms with van der Waals surface area (Å²) in [6, 6.07) is 0. The average Bonchev–Trinajstić information content (AvgIpc) is 1.76. The first-order valence-corrected chi connectivity index (χ1v) is 4.15. The van der Waals surface area contributed by atoms with E-state index in [0.29, 0.717) is 12.8 Å². The van der Waals surface area contributed by atoms with E-state index in [1.165, 1.54) is 0 Å². The molecule has 0 aliphatic heterocycles. The molecule has 0 aromatic heterocycles. The van der Waals surface area contributed by atoms with Gasteiger partial charge in [0.15, 0.2) is 0 Å². The van der Waals surface area contributed by atoms with Gasteiger partial charge in [0.2, 0.25) is 0 Å². The van der Waals surface area contributed by atoms with Crippen molar-refractivity contribution < 1.29 is 10.2 Å². The monoisotopic (exact) mass is 170 g/mol. The minimum atomic E-state index is -0.917. The van der Waals surface area contributed by atoms with Crippen LogP contribution in [0.4, 0.5) is 0 Å². The van der Waals surface area contributed by atoms with Crippen LogP contribution in [0.5, 0.6) is 0 Å². The summed E-state index contributed by atoms with van der Waals surface area (Å²) in [6.07, 6.45) is 1.25. The van der Waals surface area contributed by atoms with Crippen molar-refractivity contribution in [1.82, 2.24) is 0 Å². The first kappa shape index (κ1) is 11.5. The Hall–Kier alpha value is -0.520. The highest BCUT2D eigenvalue weighted by Gasteiger charge is 2.10. The lowest BCUT2D eigenvalue weighted by Gasteiger charge is -2.14. The number of aliphatic hydroxyl groups is 2. The van der Waals surface area contributed by atoms with Crippen LogP contribution in [-0.4, -0.2) is 21.4 Å². The average molecular weight is 170 g/mol. The van der Waals surface area contributed by atoms with E-state index in [1.807, 2.05) is 0 Å². The molecule has 0 aliphatic rings. The molecule has 12 heavy (non-hydrogen) atoms. The Bertz CT molecular complexity index is 183. The highest BCUT2D eigenvalue weighted by atomic mass is 16.3. The molecular weight excluding hydrogens is 152 g/mol. The maximum Gasteiger partial charge on any atom is 0.119 e. The van der Waals surface area contributed by atoms with E-state index in [1.54, 1.807) is 27.7 Å². The summed E-state index contributed by atoms with van der Waals surface area (Å²) in [5, 5.41) is 18.5. The van der Waals surface area contributed by atoms with Crippen LogP contribution in [0.1, 0.15) is 40.5 Å². The lowest BCUT2D eigenvalue weighted by molar-refractivity contribution is 0.0726. The van der Waals surface area contributed by atoms with Crippen molar-refractivity contribution in [2.75, 3.05) is 0 Å². The standard InChI is InChI=1S/C10H18O2/c1-9(2,11)7-5-6-8-10(3,4)12/h11-12H,5,7H2,1-4H3. The normalized spacial score (nSPS) is 12.2. The molecule has 0 saturated carbocycles. The van der Waals surface area contributed by atoms with Gasteiger partial charge in [-0.1, -0.05) is 5.92 Å². The van der Waals surface area contributed by atoms with Crippen LogP contribution in [0.3, 0.4) is 0 Å². The molecule has 2 nitrogen and oxygen atoms in total. The second-order valence-corrected chi connectivity index (χ2v) is 4.17. The quantitative estimate of drug-likeness (QED) is 0.613. The topological polar surface area (TPSA) is 40.5 Å². The second kappa shape index (κ2) is 3.93. The maximum absolute atomic E-state index is 9.32. The Morgan fingerprint density at radius 2 is 1.58 bits per heavy atom. The summed E-state index contributed by atoms with van der Waals surface area (Å²) in [4.78, 5) is 0. The molecule has 0 amide bonds. The zero-order valence-electron chi connectivity index (χ0n) is 8.31. The Balaban J connectivity index is 3.75. The summed E-state index contributed by atoms with van der Waals surface area (Å²) in [6.45, 7) is 6.78. The molecule has 0 fully saturated rings. The number of rotatable bonds is 2. The molecule has 0 saturated heterocycles. The van der Waals surface area contributed by atoms with Gasteiger partial charge in [0.1, 0.15) is 5.60 Å². The SMILES string of the molecule is CC(C)(O)C#CCCC(C)(C)O. The predicted molar refractivity (Wildman–Crippen MR) is 49.6 cm³/mol. The summed E-state index contributed by atoms with van der Waals surface area (Å²) in [5.74, 6) is 5.51. The van der Waals surface area contributed by atoms with Crippen LogP contribution < -0.4 is 0 Å². The van der Waals surface area contributed by atoms with Gasteiger partial charge >= 0.3 is 0 Å². The minimum absolute atomic E-state index is 0.619. The fourth-order valence-electron chi connectivity index (χ4n) is 0.647. The molecule has 2 heteroatoms. The van der Waals surface area contributed by atoms with Crippen LogP contribution in [0.2, 0.25) is 0 Å². The molecule has 0 aromatic rings. The van der Waals surface area contributed by atoms with Gasteiger partial charge in [0, 0.05) is 6.42 Å². The molecule has 2 N–H and O–H groups in total. The van der Waals surface area contributed by atoms with E-state index >= 15 is 0 Å². The zero-order chi connectivity index (χ0) is 9.83. The Morgan fingerprint density at radius 1 is 1.08 bits per heavy atom. The highest BCUT2D eigenvalue weighted by Crippen LogP contribution is 2.09. The van der Waals surface area contributed by atoms with E-state index in [2.05, 4.69) is 11.8 Å². The molecule has 70 valence electrons. The van der Waals surface area contributed by atoms with Crippen molar-refractivity contribution in [3.05, 3.63) is 0 Å². The molecule has 0 unspecified atom stereocenters. The number of hydrogen-bond acceptors (Lipinski definition) is 2. The summed E-state index contributed by atoms with van der Waals surface area (Å²) >= 11 is 0. The van der Waals surface area contributed by atoms with Gasteiger partial charge in [-0.25, -0.2) is 0 Å². The fraction of sp³-hybridized carbons (Fsp3) is 0.800. The van der Waals surface area contributed by atoms with Crippen molar-refractivity contribution >= 4 is 0 Å². The largest absolute Gasteiger partial charge is 0.390 e. The molecule has 0 rings (SSSR count). The van der Waals surface area contributed by atoms with Crippen molar-refractivity contribution in [3.63, 3.8) is 0 Å². The van der Waals surface area contributed by atoms with Crippen LogP contribution in [0, 0.1) is 11.8 Å². The van der Waals surface area contributed by atoms with E-state index in [-0.39, 0.29) is 0 Å². The van der Waals surface area contributed by atoms with E-state index < -0.39 is 11.2 Å². The third-order valence-electron chi connectivity index (χ3n) is 1.26. The van der Waals surface area contributed by atoms with E-state index in [4.69, 9.17) is 0 Å². The van der Waals surface area contributed by atoms with Gasteiger partial charge in [0.05, 0.1) is 5.60 Å². The third-order valence-corrected chi connectivity index (χ3v) is 1.26. The van der Waals surface area contributed by atoms with E-state index in [9.17, 15) is 10.2 Å². The van der Waals surface area contributed by atoms with Gasteiger partial charge in [0.25, 0.3) is 0 Å². The molecule has 0 spiro atoms. The first-order valence-electron chi connectivity index (χ1n) is 4.15. The van der Waals surface area contributed by atoms with Gasteiger partial charge in [-0.05, 0) is 34.1 Å². The molecule has 0 atom stereocenters. The van der Waals surface area contributed by atoms with Crippen molar-refractivity contribution in [2.45, 2.75) is 51.7 Å². The van der Waals surface area contributed by atoms with Gasteiger partial charge in [-0.3, -0.25) is 0 Å². The zero-order valence-corrected chi connectivity index (χ0v) is 8.31. The second-order valence-electron chi connectivity index (χ2n) is 4.17. The molecule has 0 aliphatic carbocycles. The Kier molecular flexibility index (Phi) is 3.76. The fourth-order valence-corrected chi connectivity index (χ4v) is 0.647. The summed E-state index contributed by atoms with van der Waals surface area (Å²) < 4.78 is 0. The molecule has 0 aromatic carbocycles. The number of hydrogen-bond donors (Lipinski definition) is 2. The Morgan fingerprint density at radius 3 is 1.92 bits per heavy atom. The van der Waals surface area contributed by atoms with Gasteiger partial charge < -0.3 is 10.2 Å². The van der Waals surface area contributed by atoms with Crippen LogP contribution in [0.15, 0.2) is 0 Å². The van der Waals surface area contributed by atoms with Crippen LogP contribution in [0.25, 0.3) is 0 Å². The van der Waals surface area contributed by atoms with Crippen molar-refractivity contribution in [2.24, 2.45) is 0 Å². The third kappa shape index (κ3) is 9.48. The molecule has 0 radical (unpaired) electrons. The minimum Gasteiger partial charge on any atom is -0.390 e. The summed E-state index contributed by atoms with van der Waals surface area (Å²) in [7, 11) is 0. The highest BCUT2D eigenvalue weighted by molar-refractivity contribution is 5.10. The van der Waals surface area contributed by atoms with Gasteiger partial charge in [-0.2, -0.15) is 0 Å². The van der Waals surface area contributed by atoms with Gasteiger partial charge in [-0.15, -0.1) is 5.92 Å². The Labute approximate surface area is 74.6 Å². The molecule has 0 heterocycles. The van der Waals surface area contributed by atoms with E-state index in [0.717, 1.165) is 0 Å². The van der Waals surface area contributed by atoms with Crippen LogP contribution >= 0.6 is 0 Å². The van der Waals surface area contributed by atoms with Crippen molar-refractivity contribution in [3.8, 4) is 11.8 Å². The van der Waals surface area contributed by atoms with Crippen LogP contribution in [-0.2, 0) is 0 Å². The predicted octanol–water partition coefficient (Wildman–Crippen LogP) is 1.31. The summed E-state index contributed by atoms with van der Waals surface area (Å²) in [5.41, 5.74) is -1.58. The lowest BCUT2D eigenvalue weighted by Crippen LogP contribution is -2.18. The smallest absolute Gasteiger partial charge is 0.119 e.